The van der Waals surface area contributed by atoms with Crippen LogP contribution >= 0.6 is 23.8 Å². The van der Waals surface area contributed by atoms with E-state index in [4.69, 9.17) is 34.0 Å². The number of aromatic hydroxyl groups is 1. The van der Waals surface area contributed by atoms with Crippen LogP contribution in [0, 0.1) is 0 Å². The molecule has 0 saturated heterocycles. The number of rotatable bonds is 2. The predicted molar refractivity (Wildman–Crippen MR) is 90.4 cm³/mol. The third-order valence-corrected chi connectivity index (χ3v) is 3.51. The van der Waals surface area contributed by atoms with Crippen LogP contribution in [0.15, 0.2) is 57.9 Å². The molecule has 22 heavy (non-hydrogen) atoms. The summed E-state index contributed by atoms with van der Waals surface area (Å²) in [6.07, 6.45) is 0. The van der Waals surface area contributed by atoms with Crippen molar-refractivity contribution in [3.63, 3.8) is 0 Å². The number of thiocarbonyl (C=S) groups is 1. The number of hydrogen-bond donors (Lipinski definition) is 2. The second kappa shape index (κ2) is 5.79. The molecule has 0 saturated carbocycles. The number of halogens is 1. The maximum absolute atomic E-state index is 9.31. The zero-order valence-electron chi connectivity index (χ0n) is 11.3. The highest BCUT2D eigenvalue weighted by Crippen LogP contribution is 2.20. The van der Waals surface area contributed by atoms with Gasteiger partial charge in [-0.2, -0.15) is 0 Å². The van der Waals surface area contributed by atoms with Gasteiger partial charge in [-0.1, -0.05) is 23.8 Å². The molecule has 0 radical (unpaired) electrons. The molecule has 1 aromatic heterocycles. The van der Waals surface area contributed by atoms with Crippen molar-refractivity contribution in [2.45, 2.75) is 0 Å². The third-order valence-electron chi connectivity index (χ3n) is 3.05. The molecule has 0 bridgehead atoms. The fourth-order valence-corrected chi connectivity index (χ4v) is 2.33. The summed E-state index contributed by atoms with van der Waals surface area (Å²) in [4.78, 5) is 4.58. The van der Waals surface area contributed by atoms with E-state index in [1.54, 1.807) is 48.5 Å². The van der Waals surface area contributed by atoms with Crippen LogP contribution in [0.5, 0.6) is 5.75 Å². The van der Waals surface area contributed by atoms with Gasteiger partial charge in [0, 0.05) is 10.4 Å². The summed E-state index contributed by atoms with van der Waals surface area (Å²) in [5.41, 5.74) is 7.84. The SMILES string of the molecule is NC(=S)c1cc2cc(Cl)ccc2o/c1=N\c1ccc(O)cc1. The highest BCUT2D eigenvalue weighted by molar-refractivity contribution is 7.80. The summed E-state index contributed by atoms with van der Waals surface area (Å²) < 4.78 is 5.79. The van der Waals surface area contributed by atoms with Gasteiger partial charge in [0.25, 0.3) is 0 Å². The Hall–Kier alpha value is -2.37. The van der Waals surface area contributed by atoms with Gasteiger partial charge in [0.1, 0.15) is 16.3 Å². The summed E-state index contributed by atoms with van der Waals surface area (Å²) in [5, 5.41) is 10.7. The van der Waals surface area contributed by atoms with Crippen LogP contribution in [-0.4, -0.2) is 10.1 Å². The summed E-state index contributed by atoms with van der Waals surface area (Å²) >= 11 is 11.0. The highest BCUT2D eigenvalue weighted by atomic mass is 35.5. The van der Waals surface area contributed by atoms with Gasteiger partial charge >= 0.3 is 0 Å². The van der Waals surface area contributed by atoms with Crippen LogP contribution in [-0.2, 0) is 0 Å². The van der Waals surface area contributed by atoms with E-state index < -0.39 is 0 Å². The summed E-state index contributed by atoms with van der Waals surface area (Å²) in [7, 11) is 0. The number of nitrogens with two attached hydrogens (primary N) is 1. The Morgan fingerprint density at radius 2 is 1.86 bits per heavy atom. The lowest BCUT2D eigenvalue weighted by atomic mass is 10.2. The van der Waals surface area contributed by atoms with Crippen molar-refractivity contribution in [1.82, 2.24) is 0 Å². The second-order valence-electron chi connectivity index (χ2n) is 4.64. The van der Waals surface area contributed by atoms with Crippen LogP contribution in [0.1, 0.15) is 5.56 Å². The monoisotopic (exact) mass is 330 g/mol. The standard InChI is InChI=1S/C16H11ClN2O2S/c17-10-1-6-14-9(7-10)8-13(15(18)22)16(21-14)19-11-2-4-12(20)5-3-11/h1-8,20H,(H2,18,22)/b19-16-. The van der Waals surface area contributed by atoms with Gasteiger partial charge in [0.15, 0.2) is 0 Å². The lowest BCUT2D eigenvalue weighted by Gasteiger charge is -2.04. The highest BCUT2D eigenvalue weighted by Gasteiger charge is 2.07. The molecular formula is C16H11ClN2O2S. The number of phenolic OH excluding ortho intramolecular Hbond substituents is 1. The molecule has 0 aliphatic heterocycles. The van der Waals surface area contributed by atoms with Gasteiger partial charge in [0.2, 0.25) is 5.55 Å². The van der Waals surface area contributed by atoms with E-state index in [-0.39, 0.29) is 10.7 Å². The molecule has 0 aliphatic carbocycles. The molecule has 6 heteroatoms. The van der Waals surface area contributed by atoms with Crippen molar-refractivity contribution in [3.8, 4) is 5.75 Å². The summed E-state index contributed by atoms with van der Waals surface area (Å²) in [6, 6.07) is 13.5. The van der Waals surface area contributed by atoms with Crippen LogP contribution in [0.25, 0.3) is 11.0 Å². The molecule has 110 valence electrons. The van der Waals surface area contributed by atoms with Crippen LogP contribution in [0.2, 0.25) is 5.02 Å². The van der Waals surface area contributed by atoms with Crippen molar-refractivity contribution in [2.24, 2.45) is 10.7 Å². The van der Waals surface area contributed by atoms with Crippen molar-refractivity contribution in [2.75, 3.05) is 0 Å². The molecule has 3 aromatic rings. The van der Waals surface area contributed by atoms with E-state index in [9.17, 15) is 5.11 Å². The molecule has 0 aliphatic rings. The van der Waals surface area contributed by atoms with Gasteiger partial charge in [-0.25, -0.2) is 4.99 Å². The first-order chi connectivity index (χ1) is 10.5. The molecule has 0 spiro atoms. The Morgan fingerprint density at radius 3 is 2.55 bits per heavy atom. The van der Waals surface area contributed by atoms with E-state index in [2.05, 4.69) is 4.99 Å². The second-order valence-corrected chi connectivity index (χ2v) is 5.52. The minimum absolute atomic E-state index is 0.165. The van der Waals surface area contributed by atoms with E-state index in [0.29, 0.717) is 27.4 Å². The largest absolute Gasteiger partial charge is 0.508 e. The molecule has 3 rings (SSSR count). The average Bonchev–Trinajstić information content (AvgIpc) is 2.49. The molecule has 0 amide bonds. The number of benzene rings is 2. The molecule has 2 aromatic carbocycles. The lowest BCUT2D eigenvalue weighted by molar-refractivity contribution is 0.475. The Bertz CT molecular complexity index is 933. The zero-order valence-corrected chi connectivity index (χ0v) is 12.9. The number of fused-ring (bicyclic) bond motifs is 1. The van der Waals surface area contributed by atoms with Gasteiger partial charge in [0.05, 0.1) is 11.3 Å². The van der Waals surface area contributed by atoms with Crippen LogP contribution in [0.3, 0.4) is 0 Å². The van der Waals surface area contributed by atoms with E-state index >= 15 is 0 Å². The number of hydrogen-bond acceptors (Lipinski definition) is 4. The minimum Gasteiger partial charge on any atom is -0.508 e. The first-order valence-electron chi connectivity index (χ1n) is 6.40. The summed E-state index contributed by atoms with van der Waals surface area (Å²) in [6.45, 7) is 0. The Kier molecular flexibility index (Phi) is 3.83. The van der Waals surface area contributed by atoms with E-state index in [1.165, 1.54) is 0 Å². The van der Waals surface area contributed by atoms with E-state index in [1.807, 2.05) is 0 Å². The van der Waals surface area contributed by atoms with E-state index in [0.717, 1.165) is 5.39 Å². The average molecular weight is 331 g/mol. The summed E-state index contributed by atoms with van der Waals surface area (Å²) in [5.74, 6) is 0.165. The van der Waals surface area contributed by atoms with Crippen molar-refractivity contribution >= 4 is 45.5 Å². The molecule has 0 unspecified atom stereocenters. The normalized spacial score (nSPS) is 11.8. The van der Waals surface area contributed by atoms with Crippen molar-refractivity contribution in [3.05, 3.63) is 64.7 Å². The zero-order chi connectivity index (χ0) is 15.7. The number of nitrogens with zero attached hydrogens (tertiary/aromatic N) is 1. The molecular weight excluding hydrogens is 320 g/mol. The fourth-order valence-electron chi connectivity index (χ4n) is 2.01. The van der Waals surface area contributed by atoms with Crippen LogP contribution in [0.4, 0.5) is 5.69 Å². The first kappa shape index (κ1) is 14.6. The maximum Gasteiger partial charge on any atom is 0.230 e. The van der Waals surface area contributed by atoms with Crippen LogP contribution < -0.4 is 11.3 Å². The fraction of sp³-hybridized carbons (Fsp3) is 0. The minimum atomic E-state index is 0.165. The molecule has 3 N–H and O–H groups in total. The molecule has 0 fully saturated rings. The van der Waals surface area contributed by atoms with Crippen molar-refractivity contribution in [1.29, 1.82) is 0 Å². The molecule has 1 heterocycles. The van der Waals surface area contributed by atoms with Gasteiger partial charge in [-0.05, 0) is 48.5 Å². The Labute approximate surface area is 136 Å². The molecule has 4 nitrogen and oxygen atoms in total. The predicted octanol–water partition coefficient (Wildman–Crippen LogP) is 3.66. The molecule has 0 atom stereocenters. The van der Waals surface area contributed by atoms with Gasteiger partial charge in [-0.3, -0.25) is 0 Å². The third kappa shape index (κ3) is 2.95. The lowest BCUT2D eigenvalue weighted by Crippen LogP contribution is -2.20. The number of phenols is 1. The quantitative estimate of drug-likeness (QED) is 0.703. The van der Waals surface area contributed by atoms with Gasteiger partial charge in [-0.15, -0.1) is 0 Å². The van der Waals surface area contributed by atoms with Gasteiger partial charge < -0.3 is 15.3 Å². The maximum atomic E-state index is 9.31. The Morgan fingerprint density at radius 1 is 1.14 bits per heavy atom. The first-order valence-corrected chi connectivity index (χ1v) is 7.18. The smallest absolute Gasteiger partial charge is 0.230 e. The topological polar surface area (TPSA) is 71.8 Å². The Balaban J connectivity index is 2.27. The van der Waals surface area contributed by atoms with Crippen molar-refractivity contribution < 1.29 is 9.52 Å².